The highest BCUT2D eigenvalue weighted by Gasteiger charge is 2.66. The van der Waals surface area contributed by atoms with Crippen molar-refractivity contribution in [3.8, 4) is 5.75 Å². The molecule has 0 bridgehead atoms. The Labute approximate surface area is 176 Å². The average Bonchev–Trinajstić information content (AvgIpc) is 2.66. The van der Waals surface area contributed by atoms with Crippen LogP contribution in [0.3, 0.4) is 0 Å². The predicted molar refractivity (Wildman–Crippen MR) is 103 cm³/mol. The number of hydrogen-bond acceptors (Lipinski definition) is 8. The van der Waals surface area contributed by atoms with E-state index in [1.807, 2.05) is 0 Å². The molecular weight excluding hydrogens is 411 g/mol. The molecule has 1 aromatic carbocycles. The zero-order valence-electron chi connectivity index (χ0n) is 16.8. The topological polar surface area (TPSA) is 155 Å². The van der Waals surface area contributed by atoms with E-state index in [1.54, 1.807) is 19.0 Å². The first-order valence-electron chi connectivity index (χ1n) is 9.80. The predicted octanol–water partition coefficient (Wildman–Crippen LogP) is -0.468. The number of fused-ring (bicyclic) bond motifs is 3. The summed E-state index contributed by atoms with van der Waals surface area (Å²) in [7, 11) is 3.27. The van der Waals surface area contributed by atoms with E-state index in [0.29, 0.717) is 11.3 Å². The number of Topliss-reactive ketones (excluding diaryl/α,β-unsaturated/α-hetero) is 4. The van der Waals surface area contributed by atoms with Gasteiger partial charge in [-0.25, -0.2) is 4.39 Å². The highest BCUT2D eigenvalue weighted by molar-refractivity contribution is 6.31. The number of phenolic OH excluding ortho intramolecular Hbond substituents is 1. The Morgan fingerprint density at radius 2 is 1.84 bits per heavy atom. The molecule has 5 atom stereocenters. The summed E-state index contributed by atoms with van der Waals surface area (Å²) in [5, 5.41) is 21.3. The first-order chi connectivity index (χ1) is 14.4. The standard InChI is InChI=1S/C21H21FN2O7/c1-24(2)11-6-10(22)16(26)14-9(11)4-7-3-8-5-12(25)15(20(23)30)19(29)21(8,31)18(28)13(7)17(14)27/h6-8,13,15,26,31H,3-5H2,1-2H3,(H2,23,30)/t7-,8+,13?,15?,21+/m1/s1. The molecule has 2 fully saturated rings. The third-order valence-corrected chi connectivity index (χ3v) is 6.81. The number of halogens is 1. The molecule has 9 nitrogen and oxygen atoms in total. The lowest BCUT2D eigenvalue weighted by Crippen LogP contribution is -2.68. The summed E-state index contributed by atoms with van der Waals surface area (Å²) >= 11 is 0. The summed E-state index contributed by atoms with van der Waals surface area (Å²) < 4.78 is 14.3. The number of phenols is 1. The van der Waals surface area contributed by atoms with E-state index in [1.165, 1.54) is 0 Å². The Morgan fingerprint density at radius 1 is 1.19 bits per heavy atom. The molecule has 3 aliphatic rings. The number of carbonyl (C=O) groups is 5. The number of aromatic hydroxyl groups is 1. The van der Waals surface area contributed by atoms with Crippen LogP contribution in [0.5, 0.6) is 5.75 Å². The van der Waals surface area contributed by atoms with Gasteiger partial charge in [-0.2, -0.15) is 0 Å². The van der Waals surface area contributed by atoms with E-state index in [2.05, 4.69) is 0 Å². The van der Waals surface area contributed by atoms with Crippen molar-refractivity contribution in [1.82, 2.24) is 0 Å². The monoisotopic (exact) mass is 432 g/mol. The molecule has 2 unspecified atom stereocenters. The number of ketones is 4. The number of hydrogen-bond donors (Lipinski definition) is 3. The van der Waals surface area contributed by atoms with E-state index >= 15 is 0 Å². The second-order valence-corrected chi connectivity index (χ2v) is 8.71. The van der Waals surface area contributed by atoms with Crippen molar-refractivity contribution >= 4 is 34.7 Å². The number of carbonyl (C=O) groups excluding carboxylic acids is 5. The zero-order valence-corrected chi connectivity index (χ0v) is 16.8. The second-order valence-electron chi connectivity index (χ2n) is 8.71. The van der Waals surface area contributed by atoms with E-state index in [0.717, 1.165) is 6.07 Å². The highest BCUT2D eigenvalue weighted by atomic mass is 19.1. The maximum atomic E-state index is 14.3. The molecule has 0 saturated heterocycles. The van der Waals surface area contributed by atoms with Crippen molar-refractivity contribution in [2.45, 2.75) is 24.9 Å². The number of amides is 1. The van der Waals surface area contributed by atoms with E-state index in [9.17, 15) is 38.6 Å². The Bertz CT molecular complexity index is 1080. The fraction of sp³-hybridized carbons (Fsp3) is 0.476. The average molecular weight is 432 g/mol. The van der Waals surface area contributed by atoms with Crippen molar-refractivity contribution < 1.29 is 38.6 Å². The Hall–Kier alpha value is -3.14. The number of nitrogens with zero attached hydrogens (tertiary/aromatic N) is 1. The summed E-state index contributed by atoms with van der Waals surface area (Å²) in [6.07, 6.45) is -0.305. The molecule has 4 N–H and O–H groups in total. The lowest BCUT2D eigenvalue weighted by molar-refractivity contribution is -0.175. The summed E-state index contributed by atoms with van der Waals surface area (Å²) in [6, 6.07) is 1.09. The molecule has 4 rings (SSSR count). The fourth-order valence-electron chi connectivity index (χ4n) is 5.38. The van der Waals surface area contributed by atoms with Crippen molar-refractivity contribution in [1.29, 1.82) is 0 Å². The number of nitrogens with two attached hydrogens (primary N) is 1. The van der Waals surface area contributed by atoms with Gasteiger partial charge >= 0.3 is 0 Å². The van der Waals surface area contributed by atoms with Crippen LogP contribution in [0, 0.1) is 29.5 Å². The smallest absolute Gasteiger partial charge is 0.235 e. The molecule has 31 heavy (non-hydrogen) atoms. The van der Waals surface area contributed by atoms with Crippen molar-refractivity contribution in [2.24, 2.45) is 29.4 Å². The Kier molecular flexibility index (Phi) is 4.55. The minimum atomic E-state index is -2.71. The highest BCUT2D eigenvalue weighted by Crippen LogP contribution is 2.51. The molecule has 164 valence electrons. The largest absolute Gasteiger partial charge is 0.504 e. The second kappa shape index (κ2) is 6.68. The lowest BCUT2D eigenvalue weighted by atomic mass is 9.54. The molecule has 0 radical (unpaired) electrons. The van der Waals surface area contributed by atoms with Gasteiger partial charge in [-0.15, -0.1) is 0 Å². The van der Waals surface area contributed by atoms with Gasteiger partial charge in [0, 0.05) is 38.2 Å². The minimum absolute atomic E-state index is 0.00788. The van der Waals surface area contributed by atoms with Crippen LogP contribution in [0.25, 0.3) is 0 Å². The lowest BCUT2D eigenvalue weighted by Gasteiger charge is -2.48. The molecule has 3 aliphatic carbocycles. The number of aliphatic hydroxyl groups is 1. The van der Waals surface area contributed by atoms with Crippen LogP contribution in [0.15, 0.2) is 6.07 Å². The van der Waals surface area contributed by atoms with Crippen molar-refractivity contribution in [3.05, 3.63) is 23.0 Å². The summed E-state index contributed by atoms with van der Waals surface area (Å²) in [5.74, 6) is -12.6. The van der Waals surface area contributed by atoms with Gasteiger partial charge in [-0.1, -0.05) is 0 Å². The van der Waals surface area contributed by atoms with Crippen LogP contribution in [0.4, 0.5) is 10.1 Å². The third-order valence-electron chi connectivity index (χ3n) is 6.81. The van der Waals surface area contributed by atoms with Crippen LogP contribution in [0.2, 0.25) is 0 Å². The van der Waals surface area contributed by atoms with E-state index in [4.69, 9.17) is 5.73 Å². The first kappa shape index (κ1) is 21.1. The van der Waals surface area contributed by atoms with Crippen molar-refractivity contribution in [2.75, 3.05) is 19.0 Å². The zero-order chi connectivity index (χ0) is 23.0. The van der Waals surface area contributed by atoms with Crippen LogP contribution in [-0.4, -0.2) is 58.9 Å². The fourth-order valence-corrected chi connectivity index (χ4v) is 5.38. The van der Waals surface area contributed by atoms with Gasteiger partial charge in [0.25, 0.3) is 0 Å². The third kappa shape index (κ3) is 2.67. The number of primary amides is 1. The van der Waals surface area contributed by atoms with E-state index < -0.39 is 76.3 Å². The Morgan fingerprint density at radius 3 is 2.42 bits per heavy atom. The minimum Gasteiger partial charge on any atom is -0.504 e. The number of rotatable bonds is 2. The van der Waals surface area contributed by atoms with E-state index in [-0.39, 0.29) is 18.4 Å². The van der Waals surface area contributed by atoms with Gasteiger partial charge in [0.05, 0.1) is 11.5 Å². The van der Waals surface area contributed by atoms with Gasteiger partial charge in [0.1, 0.15) is 0 Å². The van der Waals surface area contributed by atoms with Gasteiger partial charge in [-0.05, 0) is 24.3 Å². The normalized spacial score (nSPS) is 32.3. The van der Waals surface area contributed by atoms with Crippen LogP contribution in [-0.2, 0) is 25.6 Å². The molecular formula is C21H21FN2O7. The summed E-state index contributed by atoms with van der Waals surface area (Å²) in [5.41, 5.74) is 2.77. The van der Waals surface area contributed by atoms with Crippen molar-refractivity contribution in [3.63, 3.8) is 0 Å². The first-order valence-corrected chi connectivity index (χ1v) is 9.80. The molecule has 1 amide bonds. The van der Waals surface area contributed by atoms with Gasteiger partial charge < -0.3 is 20.8 Å². The SMILES string of the molecule is CN(C)c1cc(F)c(O)c2c1C[C@H]1C[C@H]3CC(=O)C(C(N)=O)C(=O)[C@@]3(O)C(=O)C1C2=O. The molecule has 0 spiro atoms. The van der Waals surface area contributed by atoms with Crippen LogP contribution < -0.4 is 10.6 Å². The molecule has 0 heterocycles. The van der Waals surface area contributed by atoms with Gasteiger partial charge in [-0.3, -0.25) is 24.0 Å². The summed E-state index contributed by atoms with van der Waals surface area (Å²) in [4.78, 5) is 64.9. The quantitative estimate of drug-likeness (QED) is 0.530. The maximum absolute atomic E-state index is 14.3. The molecule has 1 aromatic rings. The number of anilines is 1. The van der Waals surface area contributed by atoms with Crippen LogP contribution in [0.1, 0.15) is 28.8 Å². The van der Waals surface area contributed by atoms with Gasteiger partial charge in [0.15, 0.2) is 46.2 Å². The molecule has 2 saturated carbocycles. The summed E-state index contributed by atoms with van der Waals surface area (Å²) in [6.45, 7) is 0. The Balaban J connectivity index is 1.85. The molecule has 10 heteroatoms. The molecule has 0 aromatic heterocycles. The van der Waals surface area contributed by atoms with Crippen LogP contribution >= 0.6 is 0 Å². The van der Waals surface area contributed by atoms with Gasteiger partial charge in [0.2, 0.25) is 5.91 Å². The maximum Gasteiger partial charge on any atom is 0.235 e. The number of benzene rings is 1. The molecule has 0 aliphatic heterocycles.